The van der Waals surface area contributed by atoms with Crippen molar-refractivity contribution in [2.24, 2.45) is 0 Å². The molecule has 0 aliphatic carbocycles. The van der Waals surface area contributed by atoms with Crippen LogP contribution in [-0.2, 0) is 11.3 Å². The van der Waals surface area contributed by atoms with Crippen molar-refractivity contribution >= 4 is 23.3 Å². The topological polar surface area (TPSA) is 66.5 Å². The minimum Gasteiger partial charge on any atom is -0.327 e. The van der Waals surface area contributed by atoms with Gasteiger partial charge in [-0.25, -0.2) is 4.39 Å². The molecule has 1 heterocycles. The number of fused-ring (bicyclic) bond motifs is 1. The molecule has 4 rings (SSSR count). The van der Waals surface area contributed by atoms with Crippen molar-refractivity contribution in [3.63, 3.8) is 0 Å². The number of Topliss-reactive ketones (excluding diaryl/α,β-unsaturated/α-hetero) is 1. The standard InChI is InChI=1S/C25H21FN2O3/c1-16(29)18-6-4-7-21(13-18)27-24(30)14-23(17-9-11-20(26)12-10-17)28-15-19-5-2-3-8-22(19)25(28)31/h2-13,23H,14-15H2,1H3,(H,27,30)/t23-/m0/s1. The Labute approximate surface area is 179 Å². The average Bonchev–Trinajstić information content (AvgIpc) is 3.09. The zero-order chi connectivity index (χ0) is 22.0. The molecule has 3 aromatic rings. The molecule has 0 spiro atoms. The number of amides is 2. The van der Waals surface area contributed by atoms with Crippen LogP contribution in [0.2, 0.25) is 0 Å². The molecule has 0 saturated heterocycles. The van der Waals surface area contributed by atoms with Crippen molar-refractivity contribution in [3.8, 4) is 0 Å². The van der Waals surface area contributed by atoms with Crippen LogP contribution in [0.4, 0.5) is 10.1 Å². The van der Waals surface area contributed by atoms with Crippen LogP contribution in [0.1, 0.15) is 51.2 Å². The van der Waals surface area contributed by atoms with E-state index in [9.17, 15) is 18.8 Å². The molecule has 0 aromatic heterocycles. The van der Waals surface area contributed by atoms with Crippen molar-refractivity contribution in [1.82, 2.24) is 4.90 Å². The summed E-state index contributed by atoms with van der Waals surface area (Å²) < 4.78 is 13.5. The molecule has 3 aromatic carbocycles. The first kappa shape index (κ1) is 20.5. The Balaban J connectivity index is 1.59. The lowest BCUT2D eigenvalue weighted by molar-refractivity contribution is -0.117. The first-order valence-electron chi connectivity index (χ1n) is 9.97. The van der Waals surface area contributed by atoms with E-state index in [4.69, 9.17) is 0 Å². The van der Waals surface area contributed by atoms with Gasteiger partial charge in [0.15, 0.2) is 5.78 Å². The van der Waals surface area contributed by atoms with Crippen molar-refractivity contribution in [3.05, 3.63) is 101 Å². The largest absolute Gasteiger partial charge is 0.327 e. The van der Waals surface area contributed by atoms with Gasteiger partial charge < -0.3 is 10.2 Å². The maximum Gasteiger partial charge on any atom is 0.255 e. The van der Waals surface area contributed by atoms with Crippen LogP contribution in [0.15, 0.2) is 72.8 Å². The third kappa shape index (κ3) is 4.38. The number of carbonyl (C=O) groups excluding carboxylic acids is 3. The van der Waals surface area contributed by atoms with Crippen LogP contribution in [0.5, 0.6) is 0 Å². The van der Waals surface area contributed by atoms with Gasteiger partial charge in [-0.15, -0.1) is 0 Å². The Morgan fingerprint density at radius 2 is 1.77 bits per heavy atom. The summed E-state index contributed by atoms with van der Waals surface area (Å²) in [5, 5.41) is 2.81. The van der Waals surface area contributed by atoms with E-state index >= 15 is 0 Å². The summed E-state index contributed by atoms with van der Waals surface area (Å²) in [5.41, 5.74) is 3.19. The normalized spacial score (nSPS) is 13.6. The molecule has 0 bridgehead atoms. The second-order valence-corrected chi connectivity index (χ2v) is 7.55. The molecule has 31 heavy (non-hydrogen) atoms. The maximum atomic E-state index is 13.5. The summed E-state index contributed by atoms with van der Waals surface area (Å²) in [6.45, 7) is 1.84. The number of nitrogens with zero attached hydrogens (tertiary/aromatic N) is 1. The van der Waals surface area contributed by atoms with Crippen LogP contribution in [0.3, 0.4) is 0 Å². The van der Waals surface area contributed by atoms with Crippen LogP contribution >= 0.6 is 0 Å². The Morgan fingerprint density at radius 3 is 2.48 bits per heavy atom. The summed E-state index contributed by atoms with van der Waals surface area (Å²) in [5.74, 6) is -0.945. The lowest BCUT2D eigenvalue weighted by atomic mass is 10.0. The van der Waals surface area contributed by atoms with E-state index in [0.29, 0.717) is 28.9 Å². The summed E-state index contributed by atoms with van der Waals surface area (Å²) in [7, 11) is 0. The van der Waals surface area contributed by atoms with Gasteiger partial charge in [-0.2, -0.15) is 0 Å². The van der Waals surface area contributed by atoms with E-state index in [1.54, 1.807) is 47.4 Å². The number of carbonyl (C=O) groups is 3. The van der Waals surface area contributed by atoms with Gasteiger partial charge in [0, 0.05) is 23.4 Å². The van der Waals surface area contributed by atoms with Gasteiger partial charge in [-0.3, -0.25) is 14.4 Å². The van der Waals surface area contributed by atoms with Crippen molar-refractivity contribution < 1.29 is 18.8 Å². The Morgan fingerprint density at radius 1 is 1.03 bits per heavy atom. The molecule has 0 fully saturated rings. The van der Waals surface area contributed by atoms with Crippen LogP contribution in [-0.4, -0.2) is 22.5 Å². The Hall–Kier alpha value is -3.80. The quantitative estimate of drug-likeness (QED) is 0.590. The monoisotopic (exact) mass is 416 g/mol. The molecular weight excluding hydrogens is 395 g/mol. The molecule has 1 N–H and O–H groups in total. The number of ketones is 1. The highest BCUT2D eigenvalue weighted by molar-refractivity contribution is 6.00. The average molecular weight is 416 g/mol. The van der Waals surface area contributed by atoms with E-state index in [-0.39, 0.29) is 29.8 Å². The third-order valence-electron chi connectivity index (χ3n) is 5.41. The third-order valence-corrected chi connectivity index (χ3v) is 5.41. The minimum absolute atomic E-state index is 0.00431. The molecule has 1 aliphatic rings. The summed E-state index contributed by atoms with van der Waals surface area (Å²) in [4.78, 5) is 39.1. The van der Waals surface area contributed by atoms with Gasteiger partial charge in [-0.1, -0.05) is 42.5 Å². The van der Waals surface area contributed by atoms with E-state index in [2.05, 4.69) is 5.32 Å². The molecule has 0 saturated carbocycles. The fourth-order valence-electron chi connectivity index (χ4n) is 3.83. The Kier molecular flexibility index (Phi) is 5.62. The summed E-state index contributed by atoms with van der Waals surface area (Å²) >= 11 is 0. The highest BCUT2D eigenvalue weighted by Gasteiger charge is 2.34. The Bertz CT molecular complexity index is 1160. The number of hydrogen-bond acceptors (Lipinski definition) is 3. The van der Waals surface area contributed by atoms with Crippen LogP contribution < -0.4 is 5.32 Å². The van der Waals surface area contributed by atoms with Crippen molar-refractivity contribution in [2.75, 3.05) is 5.32 Å². The summed E-state index contributed by atoms with van der Waals surface area (Å²) in [6, 6.07) is 19.3. The van der Waals surface area contributed by atoms with Crippen molar-refractivity contribution in [1.29, 1.82) is 0 Å². The van der Waals surface area contributed by atoms with Gasteiger partial charge >= 0.3 is 0 Å². The highest BCUT2D eigenvalue weighted by Crippen LogP contribution is 2.33. The van der Waals surface area contributed by atoms with Gasteiger partial charge in [0.1, 0.15) is 5.82 Å². The van der Waals surface area contributed by atoms with Gasteiger partial charge in [0.05, 0.1) is 12.5 Å². The lowest BCUT2D eigenvalue weighted by Crippen LogP contribution is -2.32. The van der Waals surface area contributed by atoms with Gasteiger partial charge in [-0.05, 0) is 48.4 Å². The fourth-order valence-corrected chi connectivity index (χ4v) is 3.83. The molecule has 2 amide bonds. The molecule has 1 aliphatic heterocycles. The van der Waals surface area contributed by atoms with Crippen LogP contribution in [0.25, 0.3) is 0 Å². The maximum absolute atomic E-state index is 13.5. The van der Waals surface area contributed by atoms with E-state index < -0.39 is 6.04 Å². The minimum atomic E-state index is -0.559. The number of rotatable bonds is 6. The van der Waals surface area contributed by atoms with Crippen molar-refractivity contribution in [2.45, 2.75) is 25.9 Å². The molecule has 156 valence electrons. The number of hydrogen-bond donors (Lipinski definition) is 1. The zero-order valence-corrected chi connectivity index (χ0v) is 17.0. The number of anilines is 1. The second-order valence-electron chi connectivity index (χ2n) is 7.55. The molecule has 1 atom stereocenters. The van der Waals surface area contributed by atoms with Gasteiger partial charge in [0.25, 0.3) is 5.91 Å². The first-order chi connectivity index (χ1) is 14.9. The molecule has 5 nitrogen and oxygen atoms in total. The van der Waals surface area contributed by atoms with E-state index in [1.165, 1.54) is 19.1 Å². The van der Waals surface area contributed by atoms with E-state index in [0.717, 1.165) is 5.56 Å². The van der Waals surface area contributed by atoms with Gasteiger partial charge in [0.2, 0.25) is 5.91 Å². The smallest absolute Gasteiger partial charge is 0.255 e. The lowest BCUT2D eigenvalue weighted by Gasteiger charge is -2.28. The first-order valence-corrected chi connectivity index (χ1v) is 9.97. The summed E-state index contributed by atoms with van der Waals surface area (Å²) in [6.07, 6.45) is -0.00431. The molecular formula is C25H21FN2O3. The SMILES string of the molecule is CC(=O)c1cccc(NC(=O)C[C@@H](c2ccc(F)cc2)N2Cc3ccccc3C2=O)c1. The van der Waals surface area contributed by atoms with E-state index in [1.807, 2.05) is 18.2 Å². The predicted octanol–water partition coefficient (Wildman–Crippen LogP) is 4.75. The number of benzene rings is 3. The molecule has 0 radical (unpaired) electrons. The second kappa shape index (κ2) is 8.52. The van der Waals surface area contributed by atoms with Crippen LogP contribution in [0, 0.1) is 5.82 Å². The molecule has 6 heteroatoms. The number of nitrogens with one attached hydrogen (secondary N) is 1. The fraction of sp³-hybridized carbons (Fsp3) is 0.160. The number of halogens is 1. The zero-order valence-electron chi connectivity index (χ0n) is 17.0. The molecule has 0 unspecified atom stereocenters. The highest BCUT2D eigenvalue weighted by atomic mass is 19.1. The predicted molar refractivity (Wildman–Crippen MR) is 115 cm³/mol.